The summed E-state index contributed by atoms with van der Waals surface area (Å²) < 4.78 is 10.5. The van der Waals surface area contributed by atoms with Gasteiger partial charge in [-0.1, -0.05) is 141 Å². The average molecular weight is 587 g/mol. The number of unbranched alkanes of at least 4 members (excludes halogenated alkanes) is 20. The summed E-state index contributed by atoms with van der Waals surface area (Å²) in [5, 5.41) is 9.70. The summed E-state index contributed by atoms with van der Waals surface area (Å²) in [6.45, 7) is 3.46. The molecule has 0 heterocycles. The molecule has 0 spiro atoms. The molecule has 0 aromatic rings. The summed E-state index contributed by atoms with van der Waals surface area (Å²) in [5.74, 6) is 0.351. The Morgan fingerprint density at radius 2 is 1.00 bits per heavy atom. The van der Waals surface area contributed by atoms with E-state index < -0.39 is 6.10 Å². The van der Waals surface area contributed by atoms with Crippen molar-refractivity contribution in [2.75, 3.05) is 19.0 Å². The number of carbonyl (C=O) groups excluding carboxylic acids is 3. The number of hydrogen-bond acceptors (Lipinski definition) is 7. The van der Waals surface area contributed by atoms with Crippen LogP contribution >= 0.6 is 11.8 Å². The highest BCUT2D eigenvalue weighted by Crippen LogP contribution is 2.15. The van der Waals surface area contributed by atoms with E-state index in [2.05, 4.69) is 6.92 Å². The number of thioether (sulfide) groups is 1. The minimum absolute atomic E-state index is 0.0729. The predicted molar refractivity (Wildman–Crippen MR) is 168 cm³/mol. The summed E-state index contributed by atoms with van der Waals surface area (Å²) in [6, 6.07) is 0. The second-order valence-electron chi connectivity index (χ2n) is 11.2. The Morgan fingerprint density at radius 1 is 0.600 bits per heavy atom. The number of hydrogen-bond donors (Lipinski definition) is 1. The van der Waals surface area contributed by atoms with E-state index in [1.807, 2.05) is 0 Å². The third-order valence-electron chi connectivity index (χ3n) is 7.25. The van der Waals surface area contributed by atoms with Crippen LogP contribution in [-0.2, 0) is 23.9 Å². The first-order chi connectivity index (χ1) is 19.5. The molecule has 0 saturated heterocycles. The predicted octanol–water partition coefficient (Wildman–Crippen LogP) is 9.10. The Hall–Kier alpha value is -1.08. The fourth-order valence-corrected chi connectivity index (χ4v) is 5.37. The van der Waals surface area contributed by atoms with E-state index in [0.717, 1.165) is 50.7 Å². The van der Waals surface area contributed by atoms with Gasteiger partial charge < -0.3 is 14.6 Å². The first-order valence-corrected chi connectivity index (χ1v) is 17.6. The number of esters is 2. The summed E-state index contributed by atoms with van der Waals surface area (Å²) in [5.41, 5.74) is 0. The van der Waals surface area contributed by atoms with Crippen molar-refractivity contribution in [1.82, 2.24) is 0 Å². The normalized spacial score (nSPS) is 11.9. The molecule has 0 radical (unpaired) electrons. The van der Waals surface area contributed by atoms with E-state index in [-0.39, 0.29) is 30.3 Å². The van der Waals surface area contributed by atoms with Crippen LogP contribution in [0.25, 0.3) is 0 Å². The van der Waals surface area contributed by atoms with Crippen molar-refractivity contribution in [1.29, 1.82) is 0 Å². The minimum Gasteiger partial charge on any atom is -0.462 e. The lowest BCUT2D eigenvalue weighted by atomic mass is 10.0. The van der Waals surface area contributed by atoms with Crippen LogP contribution in [0, 0.1) is 0 Å². The van der Waals surface area contributed by atoms with Gasteiger partial charge in [-0.3, -0.25) is 14.4 Å². The van der Waals surface area contributed by atoms with Gasteiger partial charge >= 0.3 is 11.9 Å². The lowest BCUT2D eigenvalue weighted by Gasteiger charge is -2.15. The van der Waals surface area contributed by atoms with E-state index in [1.54, 1.807) is 6.92 Å². The number of aliphatic hydroxyl groups excluding tert-OH is 1. The molecule has 40 heavy (non-hydrogen) atoms. The Bertz CT molecular complexity index is 597. The van der Waals surface area contributed by atoms with E-state index in [9.17, 15) is 19.5 Å². The quantitative estimate of drug-likeness (QED) is 0.0663. The van der Waals surface area contributed by atoms with Crippen molar-refractivity contribution in [2.45, 2.75) is 174 Å². The lowest BCUT2D eigenvalue weighted by molar-refractivity contribution is -0.161. The van der Waals surface area contributed by atoms with E-state index >= 15 is 0 Å². The van der Waals surface area contributed by atoms with Gasteiger partial charge in [0.05, 0.1) is 6.61 Å². The Balaban J connectivity index is 3.52. The molecule has 0 fully saturated rings. The first-order valence-electron chi connectivity index (χ1n) is 16.6. The van der Waals surface area contributed by atoms with Crippen molar-refractivity contribution >= 4 is 28.8 Å². The summed E-state index contributed by atoms with van der Waals surface area (Å²) in [6.07, 6.45) is 26.3. The van der Waals surface area contributed by atoms with Gasteiger partial charge in [0.1, 0.15) is 6.61 Å². The zero-order chi connectivity index (χ0) is 29.5. The van der Waals surface area contributed by atoms with Crippen LogP contribution in [0.15, 0.2) is 0 Å². The van der Waals surface area contributed by atoms with Crippen LogP contribution in [0.3, 0.4) is 0 Å². The van der Waals surface area contributed by atoms with Gasteiger partial charge in [-0.05, 0) is 19.3 Å². The second-order valence-corrected chi connectivity index (χ2v) is 12.5. The summed E-state index contributed by atoms with van der Waals surface area (Å²) >= 11 is 1.44. The van der Waals surface area contributed by atoms with E-state index in [0.29, 0.717) is 12.8 Å². The standard InChI is InChI=1S/C33H62O6S/c1-3-4-5-6-7-8-13-17-20-23-26-33(37)39-31(28-34)29-38-32(36)25-22-19-16-14-11-9-10-12-15-18-21-24-27-40-30(2)35/h31,34H,3-29H2,1-2H3/t31-/m0/s1. The van der Waals surface area contributed by atoms with Crippen LogP contribution in [0.4, 0.5) is 0 Å². The zero-order valence-electron chi connectivity index (χ0n) is 26.1. The summed E-state index contributed by atoms with van der Waals surface area (Å²) in [7, 11) is 0. The monoisotopic (exact) mass is 586 g/mol. The molecule has 0 aliphatic carbocycles. The number of aliphatic hydroxyl groups is 1. The smallest absolute Gasteiger partial charge is 0.306 e. The molecule has 0 aromatic heterocycles. The molecule has 6 nitrogen and oxygen atoms in total. The highest BCUT2D eigenvalue weighted by molar-refractivity contribution is 8.13. The molecule has 1 atom stereocenters. The van der Waals surface area contributed by atoms with Crippen molar-refractivity contribution in [3.63, 3.8) is 0 Å². The number of ether oxygens (including phenoxy) is 2. The maximum Gasteiger partial charge on any atom is 0.306 e. The van der Waals surface area contributed by atoms with Gasteiger partial charge in [0, 0.05) is 25.5 Å². The van der Waals surface area contributed by atoms with E-state index in [1.165, 1.54) is 108 Å². The molecular formula is C33H62O6S. The maximum absolute atomic E-state index is 12.0. The third kappa shape index (κ3) is 29.9. The Kier molecular flexibility index (Phi) is 30.0. The van der Waals surface area contributed by atoms with Crippen molar-refractivity contribution in [3.8, 4) is 0 Å². The molecule has 0 unspecified atom stereocenters. The fourth-order valence-electron chi connectivity index (χ4n) is 4.74. The van der Waals surface area contributed by atoms with Gasteiger partial charge in [0.15, 0.2) is 11.2 Å². The van der Waals surface area contributed by atoms with Crippen molar-refractivity contribution < 1.29 is 29.0 Å². The number of carbonyl (C=O) groups is 3. The van der Waals surface area contributed by atoms with Gasteiger partial charge in [-0.15, -0.1) is 0 Å². The number of rotatable bonds is 30. The van der Waals surface area contributed by atoms with Crippen LogP contribution < -0.4 is 0 Å². The molecule has 0 saturated carbocycles. The largest absolute Gasteiger partial charge is 0.462 e. The molecular weight excluding hydrogens is 524 g/mol. The minimum atomic E-state index is -0.773. The molecule has 0 aromatic carbocycles. The molecule has 0 rings (SSSR count). The lowest BCUT2D eigenvalue weighted by Crippen LogP contribution is -2.28. The van der Waals surface area contributed by atoms with Crippen molar-refractivity contribution in [3.05, 3.63) is 0 Å². The molecule has 0 amide bonds. The first kappa shape index (κ1) is 38.9. The topological polar surface area (TPSA) is 89.9 Å². The van der Waals surface area contributed by atoms with Crippen LogP contribution in [0.2, 0.25) is 0 Å². The molecule has 1 N–H and O–H groups in total. The average Bonchev–Trinajstić information content (AvgIpc) is 2.93. The molecule has 0 aliphatic heterocycles. The molecule has 236 valence electrons. The van der Waals surface area contributed by atoms with Gasteiger partial charge in [0.25, 0.3) is 0 Å². The highest BCUT2D eigenvalue weighted by Gasteiger charge is 2.16. The van der Waals surface area contributed by atoms with Crippen LogP contribution in [0.1, 0.15) is 168 Å². The molecule has 0 bridgehead atoms. The second kappa shape index (κ2) is 30.9. The van der Waals surface area contributed by atoms with Crippen LogP contribution in [0.5, 0.6) is 0 Å². The zero-order valence-corrected chi connectivity index (χ0v) is 26.9. The Morgan fingerprint density at radius 3 is 1.43 bits per heavy atom. The summed E-state index contributed by atoms with van der Waals surface area (Å²) in [4.78, 5) is 34.9. The highest BCUT2D eigenvalue weighted by atomic mass is 32.2. The SMILES string of the molecule is CCCCCCCCCCCCC(=O)O[C@@H](CO)COC(=O)CCCCCCCCCCCCCCSC(C)=O. The Labute approximate surface area is 250 Å². The molecule has 0 aliphatic rings. The van der Waals surface area contributed by atoms with Gasteiger partial charge in [-0.2, -0.15) is 0 Å². The van der Waals surface area contributed by atoms with Crippen LogP contribution in [-0.4, -0.2) is 47.2 Å². The maximum atomic E-state index is 12.0. The fraction of sp³-hybridized carbons (Fsp3) is 0.909. The van der Waals surface area contributed by atoms with E-state index in [4.69, 9.17) is 9.47 Å². The van der Waals surface area contributed by atoms with Gasteiger partial charge in [-0.25, -0.2) is 0 Å². The van der Waals surface area contributed by atoms with Gasteiger partial charge in [0.2, 0.25) is 0 Å². The van der Waals surface area contributed by atoms with Crippen molar-refractivity contribution in [2.24, 2.45) is 0 Å². The molecule has 7 heteroatoms. The third-order valence-corrected chi connectivity index (χ3v) is 8.15.